The molecule has 1 saturated heterocycles. The number of pyridine rings is 1. The summed E-state index contributed by atoms with van der Waals surface area (Å²) in [6.07, 6.45) is 7.90. The Balaban J connectivity index is 1.31. The summed E-state index contributed by atoms with van der Waals surface area (Å²) in [5, 5.41) is 3.10. The van der Waals surface area contributed by atoms with Gasteiger partial charge in [0.15, 0.2) is 12.5 Å². The maximum absolute atomic E-state index is 12.8. The van der Waals surface area contributed by atoms with Crippen LogP contribution in [-0.2, 0) is 20.7 Å². The summed E-state index contributed by atoms with van der Waals surface area (Å²) in [5.41, 5.74) is 2.03. The van der Waals surface area contributed by atoms with Gasteiger partial charge in [0, 0.05) is 30.2 Å². The maximum Gasteiger partial charge on any atom is 0.330 e. The number of esters is 1. The lowest BCUT2D eigenvalue weighted by atomic mass is 9.62. The quantitative estimate of drug-likeness (QED) is 0.471. The lowest BCUT2D eigenvalue weighted by Crippen LogP contribution is -2.52. The van der Waals surface area contributed by atoms with E-state index in [1.54, 1.807) is 12.1 Å². The highest BCUT2D eigenvalue weighted by Gasteiger charge is 2.57. The molecule has 1 amide bonds. The molecule has 1 unspecified atom stereocenters. The Hall–Kier alpha value is -2.42. The van der Waals surface area contributed by atoms with Gasteiger partial charge >= 0.3 is 5.97 Å². The van der Waals surface area contributed by atoms with Crippen LogP contribution in [0.25, 0.3) is 0 Å². The molecule has 2 fully saturated rings. The third-order valence-corrected chi connectivity index (χ3v) is 8.31. The van der Waals surface area contributed by atoms with E-state index in [0.717, 1.165) is 43.4 Å². The predicted octanol–water partition coefficient (Wildman–Crippen LogP) is 5.51. The van der Waals surface area contributed by atoms with Crippen LogP contribution in [0.2, 0.25) is 10.0 Å². The number of Topliss-reactive ketones (excluding diaryl/α,β-unsaturated/α-hetero) is 1. The second kappa shape index (κ2) is 9.56. The summed E-state index contributed by atoms with van der Waals surface area (Å²) in [4.78, 5) is 43.9. The average Bonchev–Trinajstić information content (AvgIpc) is 3.19. The van der Waals surface area contributed by atoms with E-state index in [1.165, 1.54) is 12.4 Å². The SMILES string of the molecule is O=C(Nc1ccc(CC2C(=O)OCN2C2=C(Br)C(=O)C23CCCCC3)cc1)c1c(Cl)cncc1Cl. The number of rotatable bonds is 5. The van der Waals surface area contributed by atoms with Crippen molar-refractivity contribution in [3.05, 3.63) is 68.0 Å². The number of benzene rings is 1. The van der Waals surface area contributed by atoms with Gasteiger partial charge < -0.3 is 15.0 Å². The zero-order valence-corrected chi connectivity index (χ0v) is 21.8. The Bertz CT molecular complexity index is 1220. The number of cyclic esters (lactones) is 1. The zero-order valence-electron chi connectivity index (χ0n) is 18.7. The molecule has 1 aromatic heterocycles. The molecule has 7 nitrogen and oxygen atoms in total. The van der Waals surface area contributed by atoms with Gasteiger partial charge in [0.1, 0.15) is 6.04 Å². The number of halogens is 3. The van der Waals surface area contributed by atoms with Crippen LogP contribution in [0, 0.1) is 5.41 Å². The summed E-state index contributed by atoms with van der Waals surface area (Å²) in [6.45, 7) is 0.143. The van der Waals surface area contributed by atoms with Gasteiger partial charge in [0.2, 0.25) is 0 Å². The molecule has 0 radical (unpaired) electrons. The molecule has 1 atom stereocenters. The fourth-order valence-corrected chi connectivity index (χ4v) is 6.75. The molecule has 2 heterocycles. The van der Waals surface area contributed by atoms with Crippen molar-refractivity contribution < 1.29 is 19.1 Å². The molecule has 2 aromatic rings. The summed E-state index contributed by atoms with van der Waals surface area (Å²) in [5.74, 6) is -0.604. The molecule has 35 heavy (non-hydrogen) atoms. The first-order valence-corrected chi connectivity index (χ1v) is 12.9. The summed E-state index contributed by atoms with van der Waals surface area (Å²) in [6, 6.07) is 6.69. The van der Waals surface area contributed by atoms with Crippen LogP contribution in [0.5, 0.6) is 0 Å². The first-order chi connectivity index (χ1) is 16.8. The van der Waals surface area contributed by atoms with Crippen molar-refractivity contribution in [2.45, 2.75) is 44.6 Å². The van der Waals surface area contributed by atoms with Gasteiger partial charge in [0.05, 0.1) is 25.5 Å². The third kappa shape index (κ3) is 4.26. The standard InChI is InChI=1S/C25H22BrCl2N3O4/c26-20-21(25(22(20)32)8-2-1-3-9-25)31-13-35-24(34)18(31)10-14-4-6-15(7-5-14)30-23(33)19-16(27)11-29-12-17(19)28/h4-7,11-12,18H,1-3,8-10,13H2,(H,30,33). The van der Waals surface area contributed by atoms with Crippen molar-refractivity contribution in [2.75, 3.05) is 12.0 Å². The minimum absolute atomic E-state index is 0.139. The van der Waals surface area contributed by atoms with E-state index < -0.39 is 17.4 Å². The van der Waals surface area contributed by atoms with E-state index in [4.69, 9.17) is 27.9 Å². The van der Waals surface area contributed by atoms with Crippen LogP contribution in [-0.4, -0.2) is 40.3 Å². The maximum atomic E-state index is 12.8. The average molecular weight is 579 g/mol. The van der Waals surface area contributed by atoms with E-state index in [-0.39, 0.29) is 34.1 Å². The number of carbonyl (C=O) groups excluding carboxylic acids is 3. The second-order valence-electron chi connectivity index (χ2n) is 9.05. The Morgan fingerprint density at radius 2 is 1.77 bits per heavy atom. The number of ether oxygens (including phenoxy) is 1. The van der Waals surface area contributed by atoms with Crippen LogP contribution in [0.4, 0.5) is 5.69 Å². The molecule has 5 rings (SSSR count). The van der Waals surface area contributed by atoms with Gasteiger partial charge in [0.25, 0.3) is 5.91 Å². The van der Waals surface area contributed by atoms with Crippen LogP contribution in [0.15, 0.2) is 46.8 Å². The number of aromatic nitrogens is 1. The van der Waals surface area contributed by atoms with Crippen molar-refractivity contribution in [1.82, 2.24) is 9.88 Å². The van der Waals surface area contributed by atoms with E-state index in [9.17, 15) is 14.4 Å². The molecular weight excluding hydrogens is 557 g/mol. The number of nitrogens with one attached hydrogen (secondary N) is 1. The van der Waals surface area contributed by atoms with Gasteiger partial charge in [-0.15, -0.1) is 0 Å². The van der Waals surface area contributed by atoms with E-state index >= 15 is 0 Å². The van der Waals surface area contributed by atoms with Crippen LogP contribution < -0.4 is 5.32 Å². The molecule has 10 heteroatoms. The van der Waals surface area contributed by atoms with Crippen molar-refractivity contribution in [3.8, 4) is 0 Å². The molecule has 1 N–H and O–H groups in total. The molecule has 2 aliphatic carbocycles. The highest BCUT2D eigenvalue weighted by molar-refractivity contribution is 9.12. The number of carbonyl (C=O) groups is 3. The number of hydrogen-bond acceptors (Lipinski definition) is 6. The number of allylic oxidation sites excluding steroid dienone is 2. The van der Waals surface area contributed by atoms with Crippen LogP contribution in [0.3, 0.4) is 0 Å². The van der Waals surface area contributed by atoms with Crippen LogP contribution >= 0.6 is 39.1 Å². The lowest BCUT2D eigenvalue weighted by molar-refractivity contribution is -0.139. The Morgan fingerprint density at radius 3 is 2.43 bits per heavy atom. The first kappa shape index (κ1) is 24.3. The molecule has 0 bridgehead atoms. The highest BCUT2D eigenvalue weighted by Crippen LogP contribution is 2.56. The normalized spacial score (nSPS) is 21.2. The minimum atomic E-state index is -0.515. The van der Waals surface area contributed by atoms with Crippen molar-refractivity contribution in [1.29, 1.82) is 0 Å². The number of nitrogens with zero attached hydrogens (tertiary/aromatic N) is 2. The van der Waals surface area contributed by atoms with E-state index in [1.807, 2.05) is 17.0 Å². The van der Waals surface area contributed by atoms with E-state index in [0.29, 0.717) is 16.6 Å². The number of hydrogen-bond donors (Lipinski definition) is 1. The molecular formula is C25H22BrCl2N3O4. The van der Waals surface area contributed by atoms with Gasteiger partial charge in [-0.3, -0.25) is 14.6 Å². The van der Waals surface area contributed by atoms with Crippen LogP contribution in [0.1, 0.15) is 48.0 Å². The minimum Gasteiger partial charge on any atom is -0.443 e. The molecule has 182 valence electrons. The largest absolute Gasteiger partial charge is 0.443 e. The zero-order chi connectivity index (χ0) is 24.7. The molecule has 1 spiro atoms. The topological polar surface area (TPSA) is 88.6 Å². The number of amides is 1. The molecule has 1 aromatic carbocycles. The van der Waals surface area contributed by atoms with Gasteiger partial charge in [-0.05, 0) is 46.5 Å². The third-order valence-electron chi connectivity index (χ3n) is 7.01. The Morgan fingerprint density at radius 1 is 1.11 bits per heavy atom. The summed E-state index contributed by atoms with van der Waals surface area (Å²) in [7, 11) is 0. The fraction of sp³-hybridized carbons (Fsp3) is 0.360. The van der Waals surface area contributed by atoms with Crippen molar-refractivity contribution in [2.24, 2.45) is 5.41 Å². The van der Waals surface area contributed by atoms with Crippen molar-refractivity contribution in [3.63, 3.8) is 0 Å². The van der Waals surface area contributed by atoms with E-state index in [2.05, 4.69) is 26.2 Å². The number of anilines is 1. The first-order valence-electron chi connectivity index (χ1n) is 11.4. The fourth-order valence-electron chi connectivity index (χ4n) is 5.22. The number of ketones is 1. The Labute approximate surface area is 220 Å². The predicted molar refractivity (Wildman–Crippen MR) is 135 cm³/mol. The summed E-state index contributed by atoms with van der Waals surface area (Å²) < 4.78 is 5.97. The molecule has 1 saturated carbocycles. The highest BCUT2D eigenvalue weighted by atomic mass is 79.9. The second-order valence-corrected chi connectivity index (χ2v) is 10.7. The smallest absolute Gasteiger partial charge is 0.330 e. The van der Waals surface area contributed by atoms with Gasteiger partial charge in [-0.25, -0.2) is 4.79 Å². The Kier molecular flexibility index (Phi) is 6.63. The molecule has 1 aliphatic heterocycles. The van der Waals surface area contributed by atoms with Gasteiger partial charge in [-0.2, -0.15) is 0 Å². The molecule has 3 aliphatic rings. The monoisotopic (exact) mass is 577 g/mol. The van der Waals surface area contributed by atoms with Crippen molar-refractivity contribution >= 4 is 62.5 Å². The lowest BCUT2D eigenvalue weighted by Gasteiger charge is -2.49. The summed E-state index contributed by atoms with van der Waals surface area (Å²) >= 11 is 15.6. The van der Waals surface area contributed by atoms with Gasteiger partial charge in [-0.1, -0.05) is 54.6 Å².